The van der Waals surface area contributed by atoms with E-state index in [2.05, 4.69) is 15.1 Å². The number of aromatic nitrogens is 2. The zero-order chi connectivity index (χ0) is 14.8. The third-order valence-corrected chi connectivity index (χ3v) is 2.91. The van der Waals surface area contributed by atoms with E-state index in [0.717, 1.165) is 0 Å². The molecule has 0 spiro atoms. The predicted octanol–water partition coefficient (Wildman–Crippen LogP) is 3.75. The van der Waals surface area contributed by atoms with Gasteiger partial charge in [-0.2, -0.15) is 0 Å². The highest BCUT2D eigenvalue weighted by atomic mass is 35.5. The van der Waals surface area contributed by atoms with Gasteiger partial charge in [0.15, 0.2) is 11.5 Å². The number of halogens is 1. The molecule has 0 aliphatic rings. The number of benzene rings is 1. The first kappa shape index (κ1) is 13.4. The fourth-order valence-electron chi connectivity index (χ4n) is 1.67. The molecule has 0 aliphatic heterocycles. The Morgan fingerprint density at radius 1 is 1.29 bits per heavy atom. The molecule has 3 aromatic rings. The van der Waals surface area contributed by atoms with E-state index in [9.17, 15) is 5.11 Å². The molecular weight excluding hydrogens is 294 g/mol. The van der Waals surface area contributed by atoms with E-state index in [4.69, 9.17) is 20.5 Å². The molecule has 0 bridgehead atoms. The van der Waals surface area contributed by atoms with Crippen molar-refractivity contribution in [2.75, 3.05) is 0 Å². The Bertz CT molecular complexity index is 790. The summed E-state index contributed by atoms with van der Waals surface area (Å²) in [5.41, 5.74) is 0.909. The SMILES string of the molecule is Cc1cc(N=Cc2nc(-c3ccc(Cl)cc3)oc2O)no1. The van der Waals surface area contributed by atoms with Crippen molar-refractivity contribution in [2.24, 2.45) is 4.99 Å². The maximum Gasteiger partial charge on any atom is 0.312 e. The molecule has 0 aliphatic carbocycles. The van der Waals surface area contributed by atoms with Gasteiger partial charge in [0.2, 0.25) is 5.89 Å². The molecule has 21 heavy (non-hydrogen) atoms. The van der Waals surface area contributed by atoms with E-state index >= 15 is 0 Å². The molecule has 0 saturated carbocycles. The fraction of sp³-hybridized carbons (Fsp3) is 0.0714. The Balaban J connectivity index is 1.87. The van der Waals surface area contributed by atoms with Gasteiger partial charge in [-0.25, -0.2) is 9.98 Å². The molecule has 7 heteroatoms. The van der Waals surface area contributed by atoms with Crippen LogP contribution in [0.25, 0.3) is 11.5 Å². The Kier molecular flexibility index (Phi) is 3.45. The van der Waals surface area contributed by atoms with Crippen molar-refractivity contribution >= 4 is 23.6 Å². The largest absolute Gasteiger partial charge is 0.479 e. The summed E-state index contributed by atoms with van der Waals surface area (Å²) in [4.78, 5) is 8.21. The molecule has 0 fully saturated rings. The maximum atomic E-state index is 9.74. The standard InChI is InChI=1S/C14H10ClN3O3/c1-8-6-12(18-21-8)16-7-11-14(19)20-13(17-11)9-2-4-10(15)5-3-9/h2-7,19H,1H3. The van der Waals surface area contributed by atoms with Crippen LogP contribution >= 0.6 is 11.6 Å². The van der Waals surface area contributed by atoms with Gasteiger partial charge in [0, 0.05) is 16.7 Å². The van der Waals surface area contributed by atoms with Crippen molar-refractivity contribution in [3.63, 3.8) is 0 Å². The molecule has 1 aromatic carbocycles. The number of nitrogens with zero attached hydrogens (tertiary/aromatic N) is 3. The average Bonchev–Trinajstić information content (AvgIpc) is 3.04. The Labute approximate surface area is 124 Å². The second kappa shape index (κ2) is 5.41. The van der Waals surface area contributed by atoms with Crippen LogP contribution in [-0.4, -0.2) is 21.5 Å². The Morgan fingerprint density at radius 2 is 2.05 bits per heavy atom. The zero-order valence-corrected chi connectivity index (χ0v) is 11.7. The number of hydrogen-bond acceptors (Lipinski definition) is 6. The first-order valence-electron chi connectivity index (χ1n) is 6.05. The van der Waals surface area contributed by atoms with Crippen LogP contribution in [0.4, 0.5) is 5.82 Å². The topological polar surface area (TPSA) is 84.7 Å². The average molecular weight is 304 g/mol. The Morgan fingerprint density at radius 3 is 2.71 bits per heavy atom. The number of oxazole rings is 1. The summed E-state index contributed by atoms with van der Waals surface area (Å²) in [5, 5.41) is 14.1. The lowest BCUT2D eigenvalue weighted by atomic mass is 10.2. The monoisotopic (exact) mass is 303 g/mol. The molecule has 0 amide bonds. The lowest BCUT2D eigenvalue weighted by Crippen LogP contribution is -1.82. The highest BCUT2D eigenvalue weighted by molar-refractivity contribution is 6.30. The number of aryl methyl sites for hydroxylation is 1. The molecule has 0 saturated heterocycles. The first-order valence-corrected chi connectivity index (χ1v) is 6.43. The van der Waals surface area contributed by atoms with Crippen molar-refractivity contribution in [3.05, 3.63) is 46.8 Å². The minimum Gasteiger partial charge on any atom is -0.479 e. The molecule has 106 valence electrons. The minimum atomic E-state index is -0.316. The van der Waals surface area contributed by atoms with Crippen LogP contribution in [0.1, 0.15) is 11.5 Å². The molecule has 2 heterocycles. The summed E-state index contributed by atoms with van der Waals surface area (Å²) in [6, 6.07) is 8.58. The molecule has 2 aromatic heterocycles. The van der Waals surface area contributed by atoms with Crippen molar-refractivity contribution in [2.45, 2.75) is 6.92 Å². The van der Waals surface area contributed by atoms with Crippen molar-refractivity contribution in [1.29, 1.82) is 0 Å². The number of hydrogen-bond donors (Lipinski definition) is 1. The molecule has 0 radical (unpaired) electrons. The number of rotatable bonds is 3. The van der Waals surface area contributed by atoms with E-state index in [1.807, 2.05) is 0 Å². The molecule has 0 unspecified atom stereocenters. The molecule has 1 N–H and O–H groups in total. The third kappa shape index (κ3) is 2.95. The number of aromatic hydroxyl groups is 1. The normalized spacial score (nSPS) is 11.3. The van der Waals surface area contributed by atoms with Gasteiger partial charge in [0.25, 0.3) is 0 Å². The van der Waals surface area contributed by atoms with Crippen LogP contribution < -0.4 is 0 Å². The second-order valence-electron chi connectivity index (χ2n) is 4.27. The quantitative estimate of drug-likeness (QED) is 0.745. The summed E-state index contributed by atoms with van der Waals surface area (Å²) >= 11 is 5.82. The van der Waals surface area contributed by atoms with Crippen LogP contribution in [0, 0.1) is 6.92 Å². The first-order chi connectivity index (χ1) is 10.1. The van der Waals surface area contributed by atoms with Crippen molar-refractivity contribution < 1.29 is 14.0 Å². The van der Waals surface area contributed by atoms with Crippen LogP contribution in [-0.2, 0) is 0 Å². The van der Waals surface area contributed by atoms with E-state index in [-0.39, 0.29) is 17.5 Å². The van der Waals surface area contributed by atoms with Gasteiger partial charge in [-0.15, -0.1) is 0 Å². The van der Waals surface area contributed by atoms with Crippen LogP contribution in [0.5, 0.6) is 5.95 Å². The van der Waals surface area contributed by atoms with Gasteiger partial charge in [-0.3, -0.25) is 0 Å². The lowest BCUT2D eigenvalue weighted by Gasteiger charge is -1.93. The smallest absolute Gasteiger partial charge is 0.312 e. The minimum absolute atomic E-state index is 0.209. The van der Waals surface area contributed by atoms with Gasteiger partial charge in [0.05, 0.1) is 6.21 Å². The Hall–Kier alpha value is -2.60. The molecule has 0 atom stereocenters. The molecule has 3 rings (SSSR count). The predicted molar refractivity (Wildman–Crippen MR) is 77.1 cm³/mol. The van der Waals surface area contributed by atoms with E-state index in [0.29, 0.717) is 22.2 Å². The summed E-state index contributed by atoms with van der Waals surface area (Å²) in [6.07, 6.45) is 1.36. The summed E-state index contributed by atoms with van der Waals surface area (Å²) in [6.45, 7) is 1.76. The zero-order valence-electron chi connectivity index (χ0n) is 10.9. The lowest BCUT2D eigenvalue weighted by molar-refractivity contribution is 0.337. The van der Waals surface area contributed by atoms with Crippen molar-refractivity contribution in [3.8, 4) is 17.4 Å². The highest BCUT2D eigenvalue weighted by Crippen LogP contribution is 2.26. The number of aliphatic imine (C=N–C) groups is 1. The second-order valence-corrected chi connectivity index (χ2v) is 4.71. The van der Waals surface area contributed by atoms with Gasteiger partial charge < -0.3 is 14.0 Å². The van der Waals surface area contributed by atoms with Gasteiger partial charge in [-0.1, -0.05) is 16.8 Å². The van der Waals surface area contributed by atoms with Crippen LogP contribution in [0.15, 0.2) is 44.3 Å². The summed E-state index contributed by atoms with van der Waals surface area (Å²) in [7, 11) is 0. The highest BCUT2D eigenvalue weighted by Gasteiger charge is 2.12. The molecular formula is C14H10ClN3O3. The van der Waals surface area contributed by atoms with Gasteiger partial charge in [-0.05, 0) is 31.2 Å². The summed E-state index contributed by atoms with van der Waals surface area (Å²) in [5.74, 6) is 1.00. The fourth-order valence-corrected chi connectivity index (χ4v) is 1.79. The van der Waals surface area contributed by atoms with Crippen LogP contribution in [0.2, 0.25) is 5.02 Å². The van der Waals surface area contributed by atoms with Gasteiger partial charge >= 0.3 is 5.95 Å². The van der Waals surface area contributed by atoms with E-state index < -0.39 is 0 Å². The summed E-state index contributed by atoms with van der Waals surface area (Å²) < 4.78 is 10.1. The van der Waals surface area contributed by atoms with E-state index in [1.54, 1.807) is 37.3 Å². The van der Waals surface area contributed by atoms with Crippen LogP contribution in [0.3, 0.4) is 0 Å². The van der Waals surface area contributed by atoms with Crippen molar-refractivity contribution in [1.82, 2.24) is 10.1 Å². The molecule has 6 nitrogen and oxygen atoms in total. The van der Waals surface area contributed by atoms with Gasteiger partial charge in [0.1, 0.15) is 5.76 Å². The van der Waals surface area contributed by atoms with E-state index in [1.165, 1.54) is 6.21 Å². The maximum absolute atomic E-state index is 9.74. The third-order valence-electron chi connectivity index (χ3n) is 2.66.